The topological polar surface area (TPSA) is 93.7 Å². The standard InChI is InChI=1S/C14H15ClN2O5/c15-9-2-1-3-11(6-9)21-8-13(19)22-7-12(18)17-14(20)16-10-4-5-10/h1-3,6,10H,4-5,7-8H2,(H2,16,17,18,20). The van der Waals surface area contributed by atoms with Crippen LogP contribution in [0, 0.1) is 0 Å². The summed E-state index contributed by atoms with van der Waals surface area (Å²) in [6, 6.07) is 6.08. The zero-order valence-corrected chi connectivity index (χ0v) is 12.4. The SMILES string of the molecule is O=C(COC(=O)COc1cccc(Cl)c1)NC(=O)NC1CC1. The molecule has 1 aliphatic rings. The number of nitrogens with one attached hydrogen (secondary N) is 2. The van der Waals surface area contributed by atoms with Gasteiger partial charge in [0, 0.05) is 11.1 Å². The first-order valence-electron chi connectivity index (χ1n) is 6.67. The molecule has 1 aromatic rings. The molecule has 22 heavy (non-hydrogen) atoms. The largest absolute Gasteiger partial charge is 0.482 e. The van der Waals surface area contributed by atoms with Crippen molar-refractivity contribution in [2.75, 3.05) is 13.2 Å². The van der Waals surface area contributed by atoms with Gasteiger partial charge in [-0.05, 0) is 31.0 Å². The smallest absolute Gasteiger partial charge is 0.344 e. The Labute approximate surface area is 131 Å². The lowest BCUT2D eigenvalue weighted by Gasteiger charge is -2.08. The maximum Gasteiger partial charge on any atom is 0.344 e. The first-order chi connectivity index (χ1) is 10.5. The van der Waals surface area contributed by atoms with Gasteiger partial charge in [0.2, 0.25) is 0 Å². The molecule has 1 fully saturated rings. The van der Waals surface area contributed by atoms with E-state index in [0.29, 0.717) is 10.8 Å². The van der Waals surface area contributed by atoms with Crippen molar-refractivity contribution in [1.29, 1.82) is 0 Å². The Morgan fingerprint density at radius 3 is 2.68 bits per heavy atom. The molecule has 1 aliphatic carbocycles. The molecule has 1 aromatic carbocycles. The number of carbonyl (C=O) groups is 3. The lowest BCUT2D eigenvalue weighted by molar-refractivity contribution is -0.150. The quantitative estimate of drug-likeness (QED) is 0.767. The second-order valence-electron chi connectivity index (χ2n) is 4.70. The Hall–Kier alpha value is -2.28. The maximum atomic E-state index is 11.4. The molecule has 0 atom stereocenters. The number of rotatable bonds is 6. The van der Waals surface area contributed by atoms with E-state index in [-0.39, 0.29) is 12.6 Å². The van der Waals surface area contributed by atoms with Crippen LogP contribution >= 0.6 is 11.6 Å². The average molecular weight is 327 g/mol. The van der Waals surface area contributed by atoms with E-state index >= 15 is 0 Å². The lowest BCUT2D eigenvalue weighted by Crippen LogP contribution is -2.42. The van der Waals surface area contributed by atoms with Gasteiger partial charge in [0.25, 0.3) is 5.91 Å². The van der Waals surface area contributed by atoms with Crippen LogP contribution in [0.15, 0.2) is 24.3 Å². The zero-order valence-electron chi connectivity index (χ0n) is 11.6. The molecule has 8 heteroatoms. The van der Waals surface area contributed by atoms with Crippen molar-refractivity contribution in [2.45, 2.75) is 18.9 Å². The van der Waals surface area contributed by atoms with Gasteiger partial charge in [-0.15, -0.1) is 0 Å². The highest BCUT2D eigenvalue weighted by Gasteiger charge is 2.24. The van der Waals surface area contributed by atoms with Gasteiger partial charge in [-0.2, -0.15) is 0 Å². The number of amides is 3. The molecular weight excluding hydrogens is 312 g/mol. The number of hydrogen-bond acceptors (Lipinski definition) is 5. The molecule has 0 aliphatic heterocycles. The molecular formula is C14H15ClN2O5. The molecule has 2 N–H and O–H groups in total. The van der Waals surface area contributed by atoms with Gasteiger partial charge in [0.15, 0.2) is 13.2 Å². The summed E-state index contributed by atoms with van der Waals surface area (Å²) in [5, 5.41) is 5.12. The minimum atomic E-state index is -0.724. The number of imide groups is 1. The highest BCUT2D eigenvalue weighted by atomic mass is 35.5. The first kappa shape index (κ1) is 16.1. The summed E-state index contributed by atoms with van der Waals surface area (Å²) in [5.74, 6) is -1.01. The third-order valence-corrected chi connectivity index (χ3v) is 2.92. The number of benzene rings is 1. The minimum absolute atomic E-state index is 0.140. The molecule has 0 heterocycles. The maximum absolute atomic E-state index is 11.4. The Morgan fingerprint density at radius 2 is 2.00 bits per heavy atom. The van der Waals surface area contributed by atoms with Crippen molar-refractivity contribution < 1.29 is 23.9 Å². The summed E-state index contributed by atoms with van der Waals surface area (Å²) < 4.78 is 9.84. The van der Waals surface area contributed by atoms with Crippen LogP contribution in [0.4, 0.5) is 4.79 Å². The lowest BCUT2D eigenvalue weighted by atomic mass is 10.3. The fourth-order valence-electron chi connectivity index (χ4n) is 1.50. The van der Waals surface area contributed by atoms with Crippen LogP contribution < -0.4 is 15.4 Å². The van der Waals surface area contributed by atoms with Gasteiger partial charge in [-0.1, -0.05) is 17.7 Å². The fraction of sp³-hybridized carbons (Fsp3) is 0.357. The van der Waals surface area contributed by atoms with Crippen molar-refractivity contribution >= 4 is 29.5 Å². The van der Waals surface area contributed by atoms with E-state index in [1.807, 2.05) is 0 Å². The summed E-state index contributed by atoms with van der Waals surface area (Å²) in [4.78, 5) is 34.1. The molecule has 0 aromatic heterocycles. The van der Waals surface area contributed by atoms with E-state index < -0.39 is 24.5 Å². The van der Waals surface area contributed by atoms with E-state index in [4.69, 9.17) is 16.3 Å². The van der Waals surface area contributed by atoms with E-state index in [0.717, 1.165) is 12.8 Å². The monoisotopic (exact) mass is 326 g/mol. The summed E-state index contributed by atoms with van der Waals surface area (Å²) in [7, 11) is 0. The van der Waals surface area contributed by atoms with Crippen LogP contribution in [-0.2, 0) is 14.3 Å². The third kappa shape index (κ3) is 6.01. The molecule has 0 spiro atoms. The molecule has 0 radical (unpaired) electrons. The average Bonchev–Trinajstić information content (AvgIpc) is 3.26. The van der Waals surface area contributed by atoms with Crippen LogP contribution in [0.5, 0.6) is 5.75 Å². The van der Waals surface area contributed by atoms with Gasteiger partial charge in [-0.3, -0.25) is 10.1 Å². The number of carbonyl (C=O) groups excluding carboxylic acids is 3. The van der Waals surface area contributed by atoms with E-state index in [1.165, 1.54) is 0 Å². The molecule has 3 amide bonds. The minimum Gasteiger partial charge on any atom is -0.482 e. The second kappa shape index (κ2) is 7.65. The Balaban J connectivity index is 1.62. The van der Waals surface area contributed by atoms with Gasteiger partial charge in [-0.25, -0.2) is 9.59 Å². The Bertz CT molecular complexity index is 574. The van der Waals surface area contributed by atoms with Crippen molar-refractivity contribution in [3.63, 3.8) is 0 Å². The van der Waals surface area contributed by atoms with Crippen LogP contribution in [0.25, 0.3) is 0 Å². The number of esters is 1. The predicted molar refractivity (Wildman–Crippen MR) is 77.6 cm³/mol. The molecule has 1 saturated carbocycles. The van der Waals surface area contributed by atoms with Crippen LogP contribution in [0.3, 0.4) is 0 Å². The molecule has 0 unspecified atom stereocenters. The van der Waals surface area contributed by atoms with Gasteiger partial charge >= 0.3 is 12.0 Å². The van der Waals surface area contributed by atoms with Gasteiger partial charge < -0.3 is 14.8 Å². The molecule has 0 saturated heterocycles. The molecule has 2 rings (SSSR count). The highest BCUT2D eigenvalue weighted by Crippen LogP contribution is 2.18. The van der Waals surface area contributed by atoms with Crippen molar-refractivity contribution in [3.8, 4) is 5.75 Å². The fourth-order valence-corrected chi connectivity index (χ4v) is 1.68. The molecule has 7 nitrogen and oxygen atoms in total. The number of hydrogen-bond donors (Lipinski definition) is 2. The van der Waals surface area contributed by atoms with Crippen molar-refractivity contribution in [3.05, 3.63) is 29.3 Å². The van der Waals surface area contributed by atoms with E-state index in [9.17, 15) is 14.4 Å². The number of urea groups is 1. The van der Waals surface area contributed by atoms with Gasteiger partial charge in [0.1, 0.15) is 5.75 Å². The van der Waals surface area contributed by atoms with Crippen LogP contribution in [0.1, 0.15) is 12.8 Å². The summed E-state index contributed by atoms with van der Waals surface area (Å²) >= 11 is 5.76. The molecule has 118 valence electrons. The normalized spacial score (nSPS) is 13.1. The Morgan fingerprint density at radius 1 is 1.23 bits per heavy atom. The van der Waals surface area contributed by atoms with Crippen LogP contribution in [0.2, 0.25) is 5.02 Å². The van der Waals surface area contributed by atoms with Crippen LogP contribution in [-0.4, -0.2) is 37.2 Å². The second-order valence-corrected chi connectivity index (χ2v) is 5.14. The summed E-state index contributed by atoms with van der Waals surface area (Å²) in [6.07, 6.45) is 1.83. The first-order valence-corrected chi connectivity index (χ1v) is 7.05. The van der Waals surface area contributed by atoms with Crippen molar-refractivity contribution in [1.82, 2.24) is 10.6 Å². The predicted octanol–water partition coefficient (Wildman–Crippen LogP) is 1.25. The summed E-state index contributed by atoms with van der Waals surface area (Å²) in [5.41, 5.74) is 0. The molecule has 0 bridgehead atoms. The zero-order chi connectivity index (χ0) is 15.9. The number of halogens is 1. The van der Waals surface area contributed by atoms with E-state index in [2.05, 4.69) is 15.4 Å². The Kier molecular flexibility index (Phi) is 5.60. The highest BCUT2D eigenvalue weighted by molar-refractivity contribution is 6.30. The number of ether oxygens (including phenoxy) is 2. The van der Waals surface area contributed by atoms with E-state index in [1.54, 1.807) is 24.3 Å². The summed E-state index contributed by atoms with van der Waals surface area (Å²) in [6.45, 7) is -0.905. The van der Waals surface area contributed by atoms with Gasteiger partial charge in [0.05, 0.1) is 0 Å². The van der Waals surface area contributed by atoms with Crippen molar-refractivity contribution in [2.24, 2.45) is 0 Å². The third-order valence-electron chi connectivity index (χ3n) is 2.68.